The summed E-state index contributed by atoms with van der Waals surface area (Å²) in [6.07, 6.45) is 3.06. The number of nitrogens with zero attached hydrogens (tertiary/aromatic N) is 2. The Morgan fingerprint density at radius 3 is 3.06 bits per heavy atom. The van der Waals surface area contributed by atoms with Gasteiger partial charge in [0.1, 0.15) is 10.7 Å². The molecule has 0 bridgehead atoms. The Morgan fingerprint density at radius 2 is 2.44 bits per heavy atom. The summed E-state index contributed by atoms with van der Waals surface area (Å²) in [4.78, 5) is 15.5. The average molecular weight is 241 g/mol. The molecule has 6 heteroatoms. The van der Waals surface area contributed by atoms with Gasteiger partial charge in [-0.2, -0.15) is 0 Å². The number of pyridine rings is 1. The molecule has 84 valence electrons. The Labute approximate surface area is 96.2 Å². The van der Waals surface area contributed by atoms with Gasteiger partial charge in [-0.25, -0.2) is 9.78 Å². The number of halogens is 1. The minimum atomic E-state index is -0.512. The number of methoxy groups -OCH3 is 1. The van der Waals surface area contributed by atoms with E-state index in [-0.39, 0.29) is 12.2 Å². The zero-order valence-corrected chi connectivity index (χ0v) is 9.23. The molecule has 2 heterocycles. The fraction of sp³-hybridized carbons (Fsp3) is 0.200. The molecule has 0 fully saturated rings. The van der Waals surface area contributed by atoms with E-state index >= 15 is 0 Å². The quantitative estimate of drug-likeness (QED) is 0.803. The van der Waals surface area contributed by atoms with Crippen molar-refractivity contribution in [3.63, 3.8) is 0 Å². The first-order valence-corrected chi connectivity index (χ1v) is 4.90. The van der Waals surface area contributed by atoms with E-state index in [2.05, 4.69) is 9.72 Å². The van der Waals surface area contributed by atoms with Crippen LogP contribution in [0.1, 0.15) is 15.9 Å². The number of aliphatic hydroxyl groups excluding tert-OH is 1. The predicted molar refractivity (Wildman–Crippen MR) is 57.5 cm³/mol. The fourth-order valence-electron chi connectivity index (χ4n) is 1.46. The number of carbonyl (C=O) groups excluding carboxylic acids is 1. The summed E-state index contributed by atoms with van der Waals surface area (Å²) in [5.74, 6) is -0.512. The van der Waals surface area contributed by atoms with E-state index < -0.39 is 5.97 Å². The summed E-state index contributed by atoms with van der Waals surface area (Å²) in [6.45, 7) is -0.186. The SMILES string of the molecule is COC(=O)c1cc(CO)cn2c(Cl)cnc12. The topological polar surface area (TPSA) is 63.8 Å². The molecule has 5 nitrogen and oxygen atoms in total. The second kappa shape index (κ2) is 4.11. The standard InChI is InChI=1S/C10H9ClN2O3/c1-16-10(15)7-2-6(5-14)4-13-8(11)3-12-9(7)13/h2-4,14H,5H2,1H3. The number of fused-ring (bicyclic) bond motifs is 1. The maximum Gasteiger partial charge on any atom is 0.341 e. The van der Waals surface area contributed by atoms with E-state index in [1.165, 1.54) is 23.8 Å². The number of hydrogen-bond acceptors (Lipinski definition) is 4. The Kier molecular flexibility index (Phi) is 2.80. The second-order valence-corrected chi connectivity index (χ2v) is 3.57. The summed E-state index contributed by atoms with van der Waals surface area (Å²) in [5.41, 5.74) is 1.25. The van der Waals surface area contributed by atoms with Crippen molar-refractivity contribution in [3.8, 4) is 0 Å². The highest BCUT2D eigenvalue weighted by Gasteiger charge is 2.15. The minimum Gasteiger partial charge on any atom is -0.465 e. The van der Waals surface area contributed by atoms with Gasteiger partial charge < -0.3 is 9.84 Å². The third-order valence-electron chi connectivity index (χ3n) is 2.21. The smallest absolute Gasteiger partial charge is 0.341 e. The van der Waals surface area contributed by atoms with Crippen LogP contribution < -0.4 is 0 Å². The highest BCUT2D eigenvalue weighted by atomic mass is 35.5. The molecule has 0 saturated heterocycles. The van der Waals surface area contributed by atoms with Crippen LogP contribution in [0, 0.1) is 0 Å². The lowest BCUT2D eigenvalue weighted by Crippen LogP contribution is -2.06. The van der Waals surface area contributed by atoms with Crippen LogP contribution in [0.4, 0.5) is 0 Å². The molecule has 0 aliphatic carbocycles. The second-order valence-electron chi connectivity index (χ2n) is 3.19. The maximum absolute atomic E-state index is 11.5. The molecule has 2 rings (SSSR count). The molecule has 0 amide bonds. The van der Waals surface area contributed by atoms with Gasteiger partial charge in [-0.1, -0.05) is 11.6 Å². The van der Waals surface area contributed by atoms with Gasteiger partial charge in [0.2, 0.25) is 0 Å². The first-order chi connectivity index (χ1) is 7.67. The molecule has 0 aliphatic heterocycles. The molecule has 0 aliphatic rings. The van der Waals surface area contributed by atoms with Crippen LogP contribution in [0.5, 0.6) is 0 Å². The van der Waals surface area contributed by atoms with E-state index in [9.17, 15) is 4.79 Å². The van der Waals surface area contributed by atoms with Gasteiger partial charge in [-0.05, 0) is 11.6 Å². The number of rotatable bonds is 2. The van der Waals surface area contributed by atoms with E-state index in [0.29, 0.717) is 16.4 Å². The normalized spacial score (nSPS) is 10.7. The van der Waals surface area contributed by atoms with Gasteiger partial charge in [0.15, 0.2) is 5.65 Å². The summed E-state index contributed by atoms with van der Waals surface area (Å²) in [5, 5.41) is 9.45. The van der Waals surface area contributed by atoms with Gasteiger partial charge in [0.05, 0.1) is 19.9 Å². The Bertz CT molecular complexity index is 550. The summed E-state index contributed by atoms with van der Waals surface area (Å²) < 4.78 is 6.16. The molecule has 16 heavy (non-hydrogen) atoms. The van der Waals surface area contributed by atoms with Crippen molar-refractivity contribution in [2.75, 3.05) is 7.11 Å². The third kappa shape index (κ3) is 1.64. The van der Waals surface area contributed by atoms with Gasteiger partial charge in [-0.3, -0.25) is 4.40 Å². The predicted octanol–water partition coefficient (Wildman–Crippen LogP) is 1.27. The zero-order chi connectivity index (χ0) is 11.7. The first kappa shape index (κ1) is 10.9. The van der Waals surface area contributed by atoms with E-state index in [0.717, 1.165) is 0 Å². The lowest BCUT2D eigenvalue weighted by molar-refractivity contribution is 0.0602. The molecule has 0 atom stereocenters. The van der Waals surface area contributed by atoms with Crippen molar-refractivity contribution in [1.29, 1.82) is 0 Å². The first-order valence-electron chi connectivity index (χ1n) is 4.52. The van der Waals surface area contributed by atoms with Crippen molar-refractivity contribution >= 4 is 23.2 Å². The Morgan fingerprint density at radius 1 is 1.69 bits per heavy atom. The molecule has 1 N–H and O–H groups in total. The monoisotopic (exact) mass is 240 g/mol. The number of esters is 1. The van der Waals surface area contributed by atoms with Crippen LogP contribution in [0.25, 0.3) is 5.65 Å². The highest BCUT2D eigenvalue weighted by Crippen LogP contribution is 2.18. The largest absolute Gasteiger partial charge is 0.465 e. The number of imidazole rings is 1. The maximum atomic E-state index is 11.5. The zero-order valence-electron chi connectivity index (χ0n) is 8.48. The molecular weight excluding hydrogens is 232 g/mol. The van der Waals surface area contributed by atoms with Crippen molar-refractivity contribution < 1.29 is 14.6 Å². The van der Waals surface area contributed by atoms with E-state index in [4.69, 9.17) is 16.7 Å². The molecule has 0 aromatic carbocycles. The minimum absolute atomic E-state index is 0.186. The van der Waals surface area contributed by atoms with Crippen molar-refractivity contribution in [1.82, 2.24) is 9.38 Å². The average Bonchev–Trinajstić information content (AvgIpc) is 2.69. The van der Waals surface area contributed by atoms with Gasteiger partial charge >= 0.3 is 5.97 Å². The fourth-order valence-corrected chi connectivity index (χ4v) is 1.64. The molecule has 0 saturated carbocycles. The molecule has 2 aromatic rings. The third-order valence-corrected chi connectivity index (χ3v) is 2.48. The van der Waals surface area contributed by atoms with Crippen molar-refractivity contribution in [2.24, 2.45) is 0 Å². The van der Waals surface area contributed by atoms with Gasteiger partial charge in [0, 0.05) is 6.20 Å². The van der Waals surface area contributed by atoms with Crippen LogP contribution in [-0.2, 0) is 11.3 Å². The molecule has 2 aromatic heterocycles. The van der Waals surface area contributed by atoms with E-state index in [1.807, 2.05) is 0 Å². The molecule has 0 spiro atoms. The number of ether oxygens (including phenoxy) is 1. The lowest BCUT2D eigenvalue weighted by atomic mass is 10.2. The summed E-state index contributed by atoms with van der Waals surface area (Å²) in [7, 11) is 1.29. The van der Waals surface area contributed by atoms with Gasteiger partial charge in [-0.15, -0.1) is 0 Å². The highest BCUT2D eigenvalue weighted by molar-refractivity contribution is 6.29. The Hall–Kier alpha value is -1.59. The molecule has 0 radical (unpaired) electrons. The number of hydrogen-bond donors (Lipinski definition) is 1. The van der Waals surface area contributed by atoms with E-state index in [1.54, 1.807) is 6.20 Å². The lowest BCUT2D eigenvalue weighted by Gasteiger charge is -2.05. The van der Waals surface area contributed by atoms with Crippen LogP contribution >= 0.6 is 11.6 Å². The van der Waals surface area contributed by atoms with Crippen LogP contribution in [0.15, 0.2) is 18.5 Å². The van der Waals surface area contributed by atoms with Crippen LogP contribution in [0.3, 0.4) is 0 Å². The molecular formula is C10H9ClN2O3. The van der Waals surface area contributed by atoms with Crippen molar-refractivity contribution in [2.45, 2.75) is 6.61 Å². The number of aromatic nitrogens is 2. The summed E-state index contributed by atoms with van der Waals surface area (Å²) >= 11 is 5.89. The number of aliphatic hydroxyl groups is 1. The van der Waals surface area contributed by atoms with Crippen molar-refractivity contribution in [3.05, 3.63) is 34.7 Å². The van der Waals surface area contributed by atoms with Gasteiger partial charge in [0.25, 0.3) is 0 Å². The van der Waals surface area contributed by atoms with Crippen LogP contribution in [0.2, 0.25) is 5.15 Å². The number of carbonyl (C=O) groups is 1. The summed E-state index contributed by atoms with van der Waals surface area (Å²) in [6, 6.07) is 1.53. The molecule has 0 unspecified atom stereocenters. The Balaban J connectivity index is 2.74. The van der Waals surface area contributed by atoms with Crippen LogP contribution in [-0.4, -0.2) is 27.6 Å².